The van der Waals surface area contributed by atoms with Gasteiger partial charge in [0.2, 0.25) is 0 Å². The lowest BCUT2D eigenvalue weighted by atomic mass is 9.81. The predicted molar refractivity (Wildman–Crippen MR) is 127 cm³/mol. The summed E-state index contributed by atoms with van der Waals surface area (Å²) in [6.45, 7) is 4.04. The largest absolute Gasteiger partial charge is 0.491 e. The second-order valence-corrected chi connectivity index (χ2v) is 9.40. The summed E-state index contributed by atoms with van der Waals surface area (Å²) in [6, 6.07) is 20.3. The van der Waals surface area contributed by atoms with Crippen molar-refractivity contribution in [2.24, 2.45) is 0 Å². The summed E-state index contributed by atoms with van der Waals surface area (Å²) in [5.41, 5.74) is 4.95. The highest BCUT2D eigenvalue weighted by Crippen LogP contribution is 2.45. The van der Waals surface area contributed by atoms with E-state index in [9.17, 15) is 4.79 Å². The lowest BCUT2D eigenvalue weighted by Crippen LogP contribution is -2.26. The molecule has 2 aromatic carbocycles. The normalized spacial score (nSPS) is 20.4. The molecule has 0 saturated heterocycles. The van der Waals surface area contributed by atoms with E-state index in [1.165, 1.54) is 4.88 Å². The van der Waals surface area contributed by atoms with Gasteiger partial charge in [-0.1, -0.05) is 30.3 Å². The van der Waals surface area contributed by atoms with Crippen molar-refractivity contribution in [2.45, 2.75) is 44.8 Å². The summed E-state index contributed by atoms with van der Waals surface area (Å²) in [5.74, 6) is 1.28. The first-order valence-corrected chi connectivity index (χ1v) is 11.7. The van der Waals surface area contributed by atoms with E-state index >= 15 is 0 Å². The minimum atomic E-state index is -0.198. The molecule has 2 atom stereocenters. The van der Waals surface area contributed by atoms with Gasteiger partial charge in [-0.25, -0.2) is 0 Å². The molecule has 3 aromatic rings. The van der Waals surface area contributed by atoms with Crippen LogP contribution in [0.3, 0.4) is 0 Å². The average Bonchev–Trinajstić information content (AvgIpc) is 3.23. The number of fused-ring (bicyclic) bond motifs is 1. The third-order valence-electron chi connectivity index (χ3n) is 5.84. The van der Waals surface area contributed by atoms with Crippen LogP contribution in [0.5, 0.6) is 5.75 Å². The number of para-hydroxylation sites is 2. The number of carbonyl (C=O) groups excluding carboxylic acids is 1. The summed E-state index contributed by atoms with van der Waals surface area (Å²) < 4.78 is 5.81. The number of allylic oxidation sites excluding steroid dienone is 1. The van der Waals surface area contributed by atoms with E-state index in [0.717, 1.165) is 40.4 Å². The molecule has 0 radical (unpaired) electrons. The van der Waals surface area contributed by atoms with Gasteiger partial charge in [-0.3, -0.25) is 4.79 Å². The molecule has 0 saturated carbocycles. The van der Waals surface area contributed by atoms with Gasteiger partial charge in [0.05, 0.1) is 23.5 Å². The van der Waals surface area contributed by atoms with Crippen molar-refractivity contribution in [3.05, 3.63) is 87.8 Å². The zero-order chi connectivity index (χ0) is 21.4. The number of hydrogen-bond acceptors (Lipinski definition) is 5. The Balaban J connectivity index is 1.56. The molecular weight excluding hydrogens is 404 g/mol. The molecule has 2 heterocycles. The van der Waals surface area contributed by atoms with E-state index in [1.807, 2.05) is 38.1 Å². The first-order valence-electron chi connectivity index (χ1n) is 10.8. The molecule has 2 N–H and O–H groups in total. The molecule has 2 aliphatic rings. The fourth-order valence-corrected chi connectivity index (χ4v) is 5.31. The quantitative estimate of drug-likeness (QED) is 0.495. The molecule has 31 heavy (non-hydrogen) atoms. The van der Waals surface area contributed by atoms with Crippen LogP contribution in [0, 0.1) is 0 Å². The Morgan fingerprint density at radius 3 is 2.45 bits per heavy atom. The highest BCUT2D eigenvalue weighted by atomic mass is 32.1. The summed E-state index contributed by atoms with van der Waals surface area (Å²) in [5, 5.41) is 9.32. The number of nitrogens with one attached hydrogen (secondary N) is 2. The van der Waals surface area contributed by atoms with Crippen molar-refractivity contribution in [2.75, 3.05) is 10.6 Å². The number of ether oxygens (including phenoxy) is 1. The third-order valence-corrected chi connectivity index (χ3v) is 6.87. The number of carbonyl (C=O) groups is 1. The molecule has 0 spiro atoms. The maximum Gasteiger partial charge on any atom is 0.163 e. The predicted octanol–water partition coefficient (Wildman–Crippen LogP) is 6.51. The highest BCUT2D eigenvalue weighted by Gasteiger charge is 2.36. The van der Waals surface area contributed by atoms with E-state index in [4.69, 9.17) is 4.74 Å². The van der Waals surface area contributed by atoms with Gasteiger partial charge < -0.3 is 15.4 Å². The van der Waals surface area contributed by atoms with E-state index in [0.29, 0.717) is 6.42 Å². The monoisotopic (exact) mass is 430 g/mol. The van der Waals surface area contributed by atoms with Crippen LogP contribution in [0.2, 0.25) is 0 Å². The van der Waals surface area contributed by atoms with Crippen molar-refractivity contribution < 1.29 is 9.53 Å². The number of hydrogen-bond donors (Lipinski definition) is 2. The van der Waals surface area contributed by atoms with Gasteiger partial charge in [0.25, 0.3) is 0 Å². The lowest BCUT2D eigenvalue weighted by Gasteiger charge is -2.29. The maximum absolute atomic E-state index is 13.5. The average molecular weight is 431 g/mol. The molecule has 158 valence electrons. The maximum atomic E-state index is 13.5. The molecule has 4 nitrogen and oxygen atoms in total. The van der Waals surface area contributed by atoms with Gasteiger partial charge in [0.1, 0.15) is 5.75 Å². The molecular formula is C26H26N2O2S. The molecule has 0 unspecified atom stereocenters. The fourth-order valence-electron chi connectivity index (χ4n) is 4.48. The highest BCUT2D eigenvalue weighted by molar-refractivity contribution is 7.10. The number of Topliss-reactive ketones (excluding diaryl/α,β-unsaturated/α-hetero) is 1. The van der Waals surface area contributed by atoms with Gasteiger partial charge in [0.15, 0.2) is 5.78 Å². The Bertz CT molecular complexity index is 1120. The first-order chi connectivity index (χ1) is 15.1. The van der Waals surface area contributed by atoms with Crippen molar-refractivity contribution >= 4 is 28.5 Å². The standard InChI is InChI=1S/C26H26N2O2S/c1-16(2)30-19-11-9-17(10-12-19)26-25-22(27-20-6-3-4-7-21(20)28-26)14-18(15-23(25)29)24-8-5-13-31-24/h3-13,16,18,26-28H,14-15H2,1-2H3/t18-,26-/m0/s1. The van der Waals surface area contributed by atoms with Crippen molar-refractivity contribution in [3.8, 4) is 5.75 Å². The number of anilines is 2. The second kappa shape index (κ2) is 8.23. The van der Waals surface area contributed by atoms with Crippen LogP contribution in [-0.2, 0) is 4.79 Å². The van der Waals surface area contributed by atoms with Crippen LogP contribution >= 0.6 is 11.3 Å². The Morgan fingerprint density at radius 2 is 1.74 bits per heavy atom. The van der Waals surface area contributed by atoms with Gasteiger partial charge >= 0.3 is 0 Å². The van der Waals surface area contributed by atoms with Gasteiger partial charge in [-0.05, 0) is 61.5 Å². The van der Waals surface area contributed by atoms with Crippen LogP contribution in [0.1, 0.15) is 49.1 Å². The Morgan fingerprint density at radius 1 is 0.968 bits per heavy atom. The summed E-state index contributed by atoms with van der Waals surface area (Å²) in [7, 11) is 0. The van der Waals surface area contributed by atoms with Crippen molar-refractivity contribution in [1.82, 2.24) is 0 Å². The van der Waals surface area contributed by atoms with Crippen LogP contribution in [0.25, 0.3) is 0 Å². The van der Waals surface area contributed by atoms with Crippen LogP contribution in [0.4, 0.5) is 11.4 Å². The van der Waals surface area contributed by atoms with Crippen LogP contribution in [-0.4, -0.2) is 11.9 Å². The number of rotatable bonds is 4. The van der Waals surface area contributed by atoms with Crippen molar-refractivity contribution in [1.29, 1.82) is 0 Å². The van der Waals surface area contributed by atoms with Crippen LogP contribution in [0.15, 0.2) is 77.3 Å². The smallest absolute Gasteiger partial charge is 0.163 e. The number of benzene rings is 2. The minimum absolute atomic E-state index is 0.126. The Kier molecular flexibility index (Phi) is 5.28. The van der Waals surface area contributed by atoms with E-state index in [-0.39, 0.29) is 23.8 Å². The number of thiophene rings is 1. The molecule has 1 aliphatic heterocycles. The summed E-state index contributed by atoms with van der Waals surface area (Å²) >= 11 is 1.73. The zero-order valence-electron chi connectivity index (χ0n) is 17.7. The van der Waals surface area contributed by atoms with Gasteiger partial charge in [-0.15, -0.1) is 11.3 Å². The number of ketones is 1. The van der Waals surface area contributed by atoms with Gasteiger partial charge in [-0.2, -0.15) is 0 Å². The summed E-state index contributed by atoms with van der Waals surface area (Å²) in [4.78, 5) is 14.8. The van der Waals surface area contributed by atoms with Crippen molar-refractivity contribution in [3.63, 3.8) is 0 Å². The van der Waals surface area contributed by atoms with E-state index < -0.39 is 0 Å². The lowest BCUT2D eigenvalue weighted by molar-refractivity contribution is -0.116. The first kappa shape index (κ1) is 19.9. The van der Waals surface area contributed by atoms with Crippen LogP contribution < -0.4 is 15.4 Å². The Labute approximate surface area is 187 Å². The third kappa shape index (κ3) is 3.98. The fraction of sp³-hybridized carbons (Fsp3) is 0.269. The minimum Gasteiger partial charge on any atom is -0.491 e. The topological polar surface area (TPSA) is 50.4 Å². The molecule has 0 fully saturated rings. The second-order valence-electron chi connectivity index (χ2n) is 8.42. The summed E-state index contributed by atoms with van der Waals surface area (Å²) in [6.07, 6.45) is 1.51. The van der Waals surface area contributed by atoms with E-state index in [1.54, 1.807) is 11.3 Å². The molecule has 0 bridgehead atoms. The molecule has 0 amide bonds. The van der Waals surface area contributed by atoms with Gasteiger partial charge in [0, 0.05) is 28.5 Å². The SMILES string of the molecule is CC(C)Oc1ccc([C@@H]2Nc3ccccc3NC3=C2C(=O)C[C@@H](c2cccs2)C3)cc1. The zero-order valence-corrected chi connectivity index (χ0v) is 18.5. The molecule has 1 aromatic heterocycles. The Hall–Kier alpha value is -3.05. The molecule has 5 heteroatoms. The molecule has 1 aliphatic carbocycles. The van der Waals surface area contributed by atoms with E-state index in [2.05, 4.69) is 52.4 Å². The molecule has 5 rings (SSSR count).